The molecule has 1 aliphatic carbocycles. The number of rotatable bonds is 1. The summed E-state index contributed by atoms with van der Waals surface area (Å²) in [5.74, 6) is 0. The molecule has 0 bridgehead atoms. The number of hydrogen-bond acceptors (Lipinski definition) is 1. The van der Waals surface area contributed by atoms with E-state index in [9.17, 15) is 0 Å². The second-order valence-corrected chi connectivity index (χ2v) is 3.97. The molecule has 0 saturated heterocycles. The zero-order chi connectivity index (χ0) is 10.4. The fraction of sp³-hybridized carbons (Fsp3) is 0.231. The van der Waals surface area contributed by atoms with Gasteiger partial charge in [-0.2, -0.15) is 4.73 Å². The Balaban J connectivity index is 2.30. The first-order valence-electron chi connectivity index (χ1n) is 5.15. The quantitative estimate of drug-likeness (QED) is 0.587. The van der Waals surface area contributed by atoms with E-state index < -0.39 is 0 Å². The lowest BCUT2D eigenvalue weighted by atomic mass is 10.1. The molecule has 0 spiro atoms. The van der Waals surface area contributed by atoms with Crippen molar-refractivity contribution < 1.29 is 4.84 Å². The Bertz CT molecular complexity index is 525. The average molecular weight is 199 g/mol. The van der Waals surface area contributed by atoms with Crippen molar-refractivity contribution in [2.45, 2.75) is 13.3 Å². The fourth-order valence-corrected chi connectivity index (χ4v) is 2.45. The van der Waals surface area contributed by atoms with Crippen molar-refractivity contribution in [1.82, 2.24) is 4.73 Å². The third-order valence-corrected chi connectivity index (χ3v) is 3.05. The molecule has 1 aliphatic rings. The summed E-state index contributed by atoms with van der Waals surface area (Å²) in [6, 6.07) is 10.7. The summed E-state index contributed by atoms with van der Waals surface area (Å²) in [4.78, 5) is 5.40. The second-order valence-electron chi connectivity index (χ2n) is 3.97. The predicted molar refractivity (Wildman–Crippen MR) is 59.9 cm³/mol. The number of aromatic nitrogens is 1. The van der Waals surface area contributed by atoms with Crippen LogP contribution in [0.4, 0.5) is 0 Å². The normalized spacial score (nSPS) is 12.4. The van der Waals surface area contributed by atoms with Gasteiger partial charge in [0.05, 0.1) is 11.4 Å². The van der Waals surface area contributed by atoms with Crippen molar-refractivity contribution in [3.8, 4) is 11.3 Å². The van der Waals surface area contributed by atoms with Gasteiger partial charge in [0.15, 0.2) is 0 Å². The maximum atomic E-state index is 5.40. The Morgan fingerprint density at radius 2 is 2.00 bits per heavy atom. The summed E-state index contributed by atoms with van der Waals surface area (Å²) in [6.07, 6.45) is 1.03. The van der Waals surface area contributed by atoms with Gasteiger partial charge in [-0.25, -0.2) is 0 Å². The molecule has 3 rings (SSSR count). The first kappa shape index (κ1) is 8.60. The number of aryl methyl sites for hydroxylation is 1. The minimum Gasteiger partial charge on any atom is -0.417 e. The maximum absolute atomic E-state index is 5.40. The summed E-state index contributed by atoms with van der Waals surface area (Å²) < 4.78 is 1.92. The highest BCUT2D eigenvalue weighted by Gasteiger charge is 2.23. The lowest BCUT2D eigenvalue weighted by Gasteiger charge is -2.08. The molecule has 0 N–H and O–H groups in total. The Kier molecular flexibility index (Phi) is 1.66. The zero-order valence-electron chi connectivity index (χ0n) is 8.95. The standard InChI is InChI=1S/C13H13NO/c1-9-7-11-8-10-5-3-4-6-12(10)13(11)14(9)15-2/h3-7H,8H2,1-2H3. The summed E-state index contributed by atoms with van der Waals surface area (Å²) in [6.45, 7) is 2.07. The third-order valence-electron chi connectivity index (χ3n) is 3.05. The molecule has 2 aromatic rings. The largest absolute Gasteiger partial charge is 0.417 e. The van der Waals surface area contributed by atoms with E-state index in [4.69, 9.17) is 4.84 Å². The van der Waals surface area contributed by atoms with E-state index in [1.54, 1.807) is 7.11 Å². The van der Waals surface area contributed by atoms with Crippen molar-refractivity contribution in [3.05, 3.63) is 47.2 Å². The van der Waals surface area contributed by atoms with Crippen LogP contribution in [0, 0.1) is 6.92 Å². The van der Waals surface area contributed by atoms with Crippen molar-refractivity contribution in [2.24, 2.45) is 0 Å². The Morgan fingerprint density at radius 1 is 1.20 bits per heavy atom. The molecular formula is C13H13NO. The third kappa shape index (κ3) is 1.05. The molecule has 0 unspecified atom stereocenters. The van der Waals surface area contributed by atoms with Crippen LogP contribution in [0.1, 0.15) is 16.8 Å². The SMILES string of the molecule is COn1c(C)cc2c1-c1ccccc1C2. The Hall–Kier alpha value is -1.70. The second kappa shape index (κ2) is 2.89. The van der Waals surface area contributed by atoms with Crippen LogP contribution in [-0.4, -0.2) is 11.8 Å². The molecule has 2 heteroatoms. The van der Waals surface area contributed by atoms with Gasteiger partial charge < -0.3 is 4.84 Å². The lowest BCUT2D eigenvalue weighted by molar-refractivity contribution is 0.167. The number of fused-ring (bicyclic) bond motifs is 3. The number of hydrogen-bond donors (Lipinski definition) is 0. The van der Waals surface area contributed by atoms with Crippen LogP contribution in [0.2, 0.25) is 0 Å². The molecule has 0 fully saturated rings. The molecule has 0 radical (unpaired) electrons. The van der Waals surface area contributed by atoms with E-state index in [2.05, 4.69) is 37.3 Å². The van der Waals surface area contributed by atoms with E-state index in [0.29, 0.717) is 0 Å². The molecule has 0 aliphatic heterocycles. The zero-order valence-corrected chi connectivity index (χ0v) is 8.95. The van der Waals surface area contributed by atoms with Gasteiger partial charge in [0.1, 0.15) is 7.11 Å². The van der Waals surface area contributed by atoms with Crippen molar-refractivity contribution in [1.29, 1.82) is 0 Å². The molecular weight excluding hydrogens is 186 g/mol. The number of benzene rings is 1. The molecule has 1 aromatic heterocycles. The highest BCUT2D eigenvalue weighted by atomic mass is 16.6. The van der Waals surface area contributed by atoms with Crippen molar-refractivity contribution >= 4 is 0 Å². The Labute approximate surface area is 89.1 Å². The van der Waals surface area contributed by atoms with Crippen LogP contribution in [0.25, 0.3) is 11.3 Å². The predicted octanol–water partition coefficient (Wildman–Crippen LogP) is 2.43. The molecule has 1 aromatic carbocycles. The molecule has 2 nitrogen and oxygen atoms in total. The molecule has 0 saturated carbocycles. The van der Waals surface area contributed by atoms with Crippen LogP contribution in [0.3, 0.4) is 0 Å². The molecule has 1 heterocycles. The van der Waals surface area contributed by atoms with Crippen LogP contribution >= 0.6 is 0 Å². The van der Waals surface area contributed by atoms with Gasteiger partial charge >= 0.3 is 0 Å². The van der Waals surface area contributed by atoms with E-state index in [1.165, 1.54) is 22.4 Å². The maximum Gasteiger partial charge on any atom is 0.104 e. The summed E-state index contributed by atoms with van der Waals surface area (Å²) in [5, 5.41) is 0. The highest BCUT2D eigenvalue weighted by molar-refractivity contribution is 5.74. The molecule has 0 amide bonds. The minimum atomic E-state index is 1.03. The van der Waals surface area contributed by atoms with E-state index in [-0.39, 0.29) is 0 Å². The van der Waals surface area contributed by atoms with E-state index in [0.717, 1.165) is 12.1 Å². The first-order chi connectivity index (χ1) is 7.31. The summed E-state index contributed by atoms with van der Waals surface area (Å²) in [5.41, 5.74) is 6.47. The number of nitrogens with zero attached hydrogens (tertiary/aromatic N) is 1. The van der Waals surface area contributed by atoms with Crippen LogP contribution in [-0.2, 0) is 6.42 Å². The van der Waals surface area contributed by atoms with Gasteiger partial charge in [0.2, 0.25) is 0 Å². The first-order valence-corrected chi connectivity index (χ1v) is 5.15. The van der Waals surface area contributed by atoms with Gasteiger partial charge in [0, 0.05) is 12.0 Å². The van der Waals surface area contributed by atoms with Crippen LogP contribution in [0.5, 0.6) is 0 Å². The minimum absolute atomic E-state index is 1.03. The van der Waals surface area contributed by atoms with Crippen molar-refractivity contribution in [3.63, 3.8) is 0 Å². The Morgan fingerprint density at radius 3 is 2.80 bits per heavy atom. The molecule has 0 atom stereocenters. The fourth-order valence-electron chi connectivity index (χ4n) is 2.45. The van der Waals surface area contributed by atoms with Gasteiger partial charge in [-0.15, -0.1) is 0 Å². The summed E-state index contributed by atoms with van der Waals surface area (Å²) in [7, 11) is 1.72. The van der Waals surface area contributed by atoms with E-state index >= 15 is 0 Å². The van der Waals surface area contributed by atoms with Crippen LogP contribution in [0.15, 0.2) is 30.3 Å². The average Bonchev–Trinajstić information content (AvgIpc) is 2.72. The van der Waals surface area contributed by atoms with Gasteiger partial charge in [-0.05, 0) is 24.1 Å². The smallest absolute Gasteiger partial charge is 0.104 e. The molecule has 15 heavy (non-hydrogen) atoms. The lowest BCUT2D eigenvalue weighted by Crippen LogP contribution is -2.08. The van der Waals surface area contributed by atoms with Gasteiger partial charge in [0.25, 0.3) is 0 Å². The summed E-state index contributed by atoms with van der Waals surface area (Å²) >= 11 is 0. The van der Waals surface area contributed by atoms with Gasteiger partial charge in [-0.3, -0.25) is 0 Å². The monoisotopic (exact) mass is 199 g/mol. The molecule has 76 valence electrons. The van der Waals surface area contributed by atoms with E-state index in [1.807, 2.05) is 4.73 Å². The highest BCUT2D eigenvalue weighted by Crippen LogP contribution is 2.37. The van der Waals surface area contributed by atoms with Gasteiger partial charge in [-0.1, -0.05) is 24.3 Å². The van der Waals surface area contributed by atoms with Crippen LogP contribution < -0.4 is 4.84 Å². The topological polar surface area (TPSA) is 14.2 Å². The van der Waals surface area contributed by atoms with Crippen molar-refractivity contribution in [2.75, 3.05) is 7.11 Å².